The molecular weight excluding hydrogens is 170 g/mol. The Hall–Kier alpha value is -0.300. The number of fused-ring (bicyclic) bond motifs is 1. The standard InChI is InChI=1S/C13H21N/c1-8-3-10-4-11-6-13(5-8,9(2)14)7-12(10)11/h3,8-9,11-12H,4-7,14H2,1-2H3. The van der Waals surface area contributed by atoms with Crippen molar-refractivity contribution in [3.8, 4) is 0 Å². The molecule has 0 saturated heterocycles. The number of hydrogen-bond donors (Lipinski definition) is 1. The lowest BCUT2D eigenvalue weighted by atomic mass is 9.69. The number of nitrogens with two attached hydrogens (primary N) is 1. The van der Waals surface area contributed by atoms with Gasteiger partial charge in [-0.2, -0.15) is 0 Å². The van der Waals surface area contributed by atoms with Crippen molar-refractivity contribution in [2.45, 2.75) is 45.6 Å². The Labute approximate surface area is 86.8 Å². The molecule has 0 amide bonds. The maximum Gasteiger partial charge on any atom is 0.00675 e. The van der Waals surface area contributed by atoms with Crippen molar-refractivity contribution < 1.29 is 0 Å². The highest BCUT2D eigenvalue weighted by molar-refractivity contribution is 5.27. The molecule has 5 unspecified atom stereocenters. The van der Waals surface area contributed by atoms with Gasteiger partial charge in [-0.05, 0) is 55.8 Å². The van der Waals surface area contributed by atoms with Gasteiger partial charge in [-0.3, -0.25) is 0 Å². The summed E-state index contributed by atoms with van der Waals surface area (Å²) in [6.07, 6.45) is 8.08. The van der Waals surface area contributed by atoms with Crippen molar-refractivity contribution in [3.63, 3.8) is 0 Å². The fraction of sp³-hybridized carbons (Fsp3) is 0.846. The van der Waals surface area contributed by atoms with Gasteiger partial charge in [0, 0.05) is 6.04 Å². The monoisotopic (exact) mass is 191 g/mol. The smallest absolute Gasteiger partial charge is 0.00675 e. The third-order valence-corrected chi connectivity index (χ3v) is 5.03. The molecule has 3 aliphatic rings. The quantitative estimate of drug-likeness (QED) is 0.634. The Bertz CT molecular complexity index is 292. The van der Waals surface area contributed by atoms with Gasteiger partial charge in [0.25, 0.3) is 0 Å². The molecule has 2 N–H and O–H groups in total. The van der Waals surface area contributed by atoms with E-state index in [1.807, 2.05) is 0 Å². The van der Waals surface area contributed by atoms with Crippen molar-refractivity contribution in [2.24, 2.45) is 28.9 Å². The Kier molecular flexibility index (Phi) is 1.69. The van der Waals surface area contributed by atoms with Crippen molar-refractivity contribution in [1.82, 2.24) is 0 Å². The average Bonchev–Trinajstić information content (AvgIpc) is 2.28. The number of hydrogen-bond acceptors (Lipinski definition) is 1. The van der Waals surface area contributed by atoms with E-state index in [9.17, 15) is 0 Å². The summed E-state index contributed by atoms with van der Waals surface area (Å²) in [5.74, 6) is 2.70. The predicted molar refractivity (Wildman–Crippen MR) is 58.8 cm³/mol. The van der Waals surface area contributed by atoms with Crippen LogP contribution in [0.1, 0.15) is 39.5 Å². The van der Waals surface area contributed by atoms with Crippen LogP contribution in [0.25, 0.3) is 0 Å². The zero-order chi connectivity index (χ0) is 9.92. The first-order valence-corrected chi connectivity index (χ1v) is 6.07. The second-order valence-electron chi connectivity index (χ2n) is 6.05. The Morgan fingerprint density at radius 1 is 1.43 bits per heavy atom. The molecule has 5 atom stereocenters. The second kappa shape index (κ2) is 2.63. The van der Waals surface area contributed by atoms with E-state index in [1.165, 1.54) is 25.7 Å². The molecule has 1 nitrogen and oxygen atoms in total. The van der Waals surface area contributed by atoms with Gasteiger partial charge in [-0.1, -0.05) is 18.6 Å². The highest BCUT2D eigenvalue weighted by Crippen LogP contribution is 2.63. The molecule has 3 rings (SSSR count). The van der Waals surface area contributed by atoms with Gasteiger partial charge in [0.05, 0.1) is 0 Å². The normalized spacial score (nSPS) is 51.9. The summed E-state index contributed by atoms with van der Waals surface area (Å²) in [6.45, 7) is 4.59. The predicted octanol–water partition coefficient (Wildman–Crippen LogP) is 2.72. The molecule has 2 bridgehead atoms. The van der Waals surface area contributed by atoms with E-state index < -0.39 is 0 Å². The number of allylic oxidation sites excluding steroid dienone is 2. The van der Waals surface area contributed by atoms with Crippen LogP contribution in [-0.4, -0.2) is 6.04 Å². The molecule has 3 aliphatic carbocycles. The minimum absolute atomic E-state index is 0.392. The fourth-order valence-electron chi connectivity index (χ4n) is 4.28. The first kappa shape index (κ1) is 8.96. The van der Waals surface area contributed by atoms with Gasteiger partial charge in [-0.25, -0.2) is 0 Å². The van der Waals surface area contributed by atoms with Crippen molar-refractivity contribution in [1.29, 1.82) is 0 Å². The van der Waals surface area contributed by atoms with Crippen LogP contribution in [0.15, 0.2) is 11.6 Å². The van der Waals surface area contributed by atoms with Gasteiger partial charge < -0.3 is 5.73 Å². The molecule has 0 radical (unpaired) electrons. The van der Waals surface area contributed by atoms with E-state index in [0.717, 1.165) is 17.8 Å². The maximum atomic E-state index is 6.23. The molecule has 0 spiro atoms. The molecule has 0 aromatic rings. The van der Waals surface area contributed by atoms with E-state index in [4.69, 9.17) is 5.73 Å². The van der Waals surface area contributed by atoms with E-state index in [0.29, 0.717) is 11.5 Å². The Morgan fingerprint density at radius 3 is 2.93 bits per heavy atom. The molecule has 2 fully saturated rings. The summed E-state index contributed by atoms with van der Waals surface area (Å²) in [5.41, 5.74) is 8.48. The zero-order valence-corrected chi connectivity index (χ0v) is 9.29. The van der Waals surface area contributed by atoms with Crippen LogP contribution in [-0.2, 0) is 0 Å². The molecule has 0 aromatic heterocycles. The van der Waals surface area contributed by atoms with Gasteiger partial charge in [0.15, 0.2) is 0 Å². The third-order valence-electron chi connectivity index (χ3n) is 5.03. The molecule has 0 aliphatic heterocycles. The summed E-state index contributed by atoms with van der Waals surface area (Å²) >= 11 is 0. The van der Waals surface area contributed by atoms with Gasteiger partial charge in [0.2, 0.25) is 0 Å². The lowest BCUT2D eigenvalue weighted by molar-refractivity contribution is 0.192. The van der Waals surface area contributed by atoms with Crippen molar-refractivity contribution in [2.75, 3.05) is 0 Å². The van der Waals surface area contributed by atoms with Crippen LogP contribution >= 0.6 is 0 Å². The topological polar surface area (TPSA) is 26.0 Å². The SMILES string of the molecule is CC1C=C2CC3CC(C(C)N)(C1)CC23. The van der Waals surface area contributed by atoms with Crippen molar-refractivity contribution in [3.05, 3.63) is 11.6 Å². The Balaban J connectivity index is 1.97. The van der Waals surface area contributed by atoms with Crippen LogP contribution < -0.4 is 5.73 Å². The summed E-state index contributed by atoms with van der Waals surface area (Å²) < 4.78 is 0. The van der Waals surface area contributed by atoms with E-state index in [2.05, 4.69) is 19.9 Å². The molecule has 14 heavy (non-hydrogen) atoms. The highest BCUT2D eigenvalue weighted by Gasteiger charge is 2.54. The maximum absolute atomic E-state index is 6.23. The summed E-state index contributed by atoms with van der Waals surface area (Å²) in [6, 6.07) is 0.392. The second-order valence-corrected chi connectivity index (χ2v) is 6.05. The number of rotatable bonds is 1. The minimum atomic E-state index is 0.392. The first-order valence-electron chi connectivity index (χ1n) is 6.07. The van der Waals surface area contributed by atoms with Crippen LogP contribution in [0.3, 0.4) is 0 Å². The minimum Gasteiger partial charge on any atom is -0.327 e. The summed E-state index contributed by atoms with van der Waals surface area (Å²) in [7, 11) is 0. The largest absolute Gasteiger partial charge is 0.327 e. The van der Waals surface area contributed by atoms with Gasteiger partial charge in [-0.15, -0.1) is 0 Å². The molecule has 0 heterocycles. The van der Waals surface area contributed by atoms with E-state index in [1.54, 1.807) is 5.57 Å². The fourth-order valence-corrected chi connectivity index (χ4v) is 4.28. The molecule has 78 valence electrons. The van der Waals surface area contributed by atoms with Gasteiger partial charge in [0.1, 0.15) is 0 Å². The Morgan fingerprint density at radius 2 is 2.21 bits per heavy atom. The summed E-state index contributed by atoms with van der Waals surface area (Å²) in [5, 5.41) is 0. The van der Waals surface area contributed by atoms with E-state index >= 15 is 0 Å². The van der Waals surface area contributed by atoms with Crippen LogP contribution in [0.4, 0.5) is 0 Å². The molecule has 2 saturated carbocycles. The molecule has 0 aromatic carbocycles. The first-order chi connectivity index (χ1) is 6.61. The molecule has 1 heteroatoms. The average molecular weight is 191 g/mol. The lowest BCUT2D eigenvalue weighted by Gasteiger charge is -2.37. The molecular formula is C13H21N. The lowest BCUT2D eigenvalue weighted by Crippen LogP contribution is -2.38. The highest BCUT2D eigenvalue weighted by atomic mass is 14.7. The van der Waals surface area contributed by atoms with Crippen LogP contribution in [0, 0.1) is 23.2 Å². The van der Waals surface area contributed by atoms with Gasteiger partial charge >= 0.3 is 0 Å². The van der Waals surface area contributed by atoms with Crippen molar-refractivity contribution >= 4 is 0 Å². The van der Waals surface area contributed by atoms with Crippen LogP contribution in [0.5, 0.6) is 0 Å². The van der Waals surface area contributed by atoms with E-state index in [-0.39, 0.29) is 0 Å². The zero-order valence-electron chi connectivity index (χ0n) is 9.29. The summed E-state index contributed by atoms with van der Waals surface area (Å²) in [4.78, 5) is 0. The van der Waals surface area contributed by atoms with Crippen LogP contribution in [0.2, 0.25) is 0 Å². The third kappa shape index (κ3) is 0.995.